The van der Waals surface area contributed by atoms with Gasteiger partial charge in [0.1, 0.15) is 11.4 Å². The van der Waals surface area contributed by atoms with E-state index in [0.717, 1.165) is 11.8 Å². The van der Waals surface area contributed by atoms with Gasteiger partial charge in [0.25, 0.3) is 5.69 Å². The molecule has 0 radical (unpaired) electrons. The summed E-state index contributed by atoms with van der Waals surface area (Å²) in [5.41, 5.74) is 2.65. The van der Waals surface area contributed by atoms with E-state index >= 15 is 0 Å². The van der Waals surface area contributed by atoms with Crippen molar-refractivity contribution >= 4 is 29.3 Å². The molecule has 3 aromatic rings. The highest BCUT2D eigenvalue weighted by molar-refractivity contribution is 5.77. The molecular weight excluding hydrogens is 454 g/mol. The average Bonchev–Trinajstić information content (AvgIpc) is 3.30. The Labute approximate surface area is 202 Å². The average molecular weight is 482 g/mol. The lowest BCUT2D eigenvalue weighted by Crippen LogP contribution is -2.36. The molecule has 1 aromatic carbocycles. The summed E-state index contributed by atoms with van der Waals surface area (Å²) >= 11 is 0. The molecule has 1 N–H and O–H groups in total. The first-order chi connectivity index (χ1) is 16.8. The third-order valence-corrected chi connectivity index (χ3v) is 5.70. The van der Waals surface area contributed by atoms with Gasteiger partial charge in [-0.3, -0.25) is 14.9 Å². The first-order valence-corrected chi connectivity index (χ1v) is 11.2. The lowest BCUT2D eigenvalue weighted by molar-refractivity contribution is -0.384. The van der Waals surface area contributed by atoms with Crippen LogP contribution in [0.1, 0.15) is 41.4 Å². The van der Waals surface area contributed by atoms with Gasteiger partial charge < -0.3 is 19.7 Å². The SMILES string of the molecule is COc1cc(N2CCOCC2)c([N+](=O)[O-])cc1Nc1ncc(C)c(-n2cc(C=O)c(C(C)C)n2)n1. The fourth-order valence-electron chi connectivity index (χ4n) is 3.92. The second-order valence-electron chi connectivity index (χ2n) is 8.41. The molecule has 4 rings (SSSR count). The molecular formula is C23H27N7O5. The Balaban J connectivity index is 1.72. The van der Waals surface area contributed by atoms with Crippen LogP contribution in [0.5, 0.6) is 5.75 Å². The van der Waals surface area contributed by atoms with Crippen LogP contribution < -0.4 is 15.0 Å². The largest absolute Gasteiger partial charge is 0.494 e. The van der Waals surface area contributed by atoms with Crippen molar-refractivity contribution < 1.29 is 19.2 Å². The minimum absolute atomic E-state index is 0.0611. The summed E-state index contributed by atoms with van der Waals surface area (Å²) in [6, 6.07) is 3.06. The number of carbonyl (C=O) groups is 1. The number of anilines is 3. The maximum atomic E-state index is 11.9. The number of aldehydes is 1. The van der Waals surface area contributed by atoms with Crippen molar-refractivity contribution in [2.24, 2.45) is 0 Å². The standard InChI is InChI=1S/C23H27N7O5/c1-14(2)21-16(13-31)12-29(27-21)22-15(3)11-24-23(26-22)25-17-9-19(30(32)33)18(10-20(17)34-4)28-5-7-35-8-6-28/h9-14H,5-8H2,1-4H3,(H,24,25,26). The van der Waals surface area contributed by atoms with E-state index < -0.39 is 4.92 Å². The van der Waals surface area contributed by atoms with Gasteiger partial charge in [0.2, 0.25) is 5.95 Å². The smallest absolute Gasteiger partial charge is 0.294 e. The molecule has 0 spiro atoms. The Kier molecular flexibility index (Phi) is 6.92. The van der Waals surface area contributed by atoms with Gasteiger partial charge in [0.15, 0.2) is 12.1 Å². The van der Waals surface area contributed by atoms with E-state index in [1.165, 1.54) is 13.2 Å². The Morgan fingerprint density at radius 1 is 1.29 bits per heavy atom. The molecule has 3 heterocycles. The highest BCUT2D eigenvalue weighted by atomic mass is 16.6. The maximum absolute atomic E-state index is 11.9. The number of nitro groups is 1. The van der Waals surface area contributed by atoms with E-state index in [0.29, 0.717) is 60.5 Å². The summed E-state index contributed by atoms with van der Waals surface area (Å²) in [5, 5.41) is 19.4. The molecule has 2 aromatic heterocycles. The van der Waals surface area contributed by atoms with Gasteiger partial charge in [-0.2, -0.15) is 10.1 Å². The van der Waals surface area contributed by atoms with Gasteiger partial charge in [-0.1, -0.05) is 13.8 Å². The number of rotatable bonds is 8. The van der Waals surface area contributed by atoms with Gasteiger partial charge in [0.05, 0.1) is 42.2 Å². The number of morpholine rings is 1. The van der Waals surface area contributed by atoms with Crippen LogP contribution in [0.3, 0.4) is 0 Å². The molecule has 12 nitrogen and oxygen atoms in total. The molecule has 0 amide bonds. The summed E-state index contributed by atoms with van der Waals surface area (Å²) < 4.78 is 12.4. The van der Waals surface area contributed by atoms with Gasteiger partial charge in [-0.15, -0.1) is 0 Å². The van der Waals surface area contributed by atoms with Crippen molar-refractivity contribution in [1.29, 1.82) is 0 Å². The van der Waals surface area contributed by atoms with Crippen LogP contribution in [0.2, 0.25) is 0 Å². The molecule has 12 heteroatoms. The van der Waals surface area contributed by atoms with Crippen LogP contribution in [0.4, 0.5) is 23.0 Å². The minimum atomic E-state index is -0.422. The normalized spacial score (nSPS) is 13.7. The highest BCUT2D eigenvalue weighted by Crippen LogP contribution is 2.39. The lowest BCUT2D eigenvalue weighted by Gasteiger charge is -2.29. The van der Waals surface area contributed by atoms with Gasteiger partial charge in [0, 0.05) is 43.2 Å². The first kappa shape index (κ1) is 24.1. The zero-order valence-electron chi connectivity index (χ0n) is 20.0. The van der Waals surface area contributed by atoms with Crippen molar-refractivity contribution in [3.05, 3.63) is 51.5 Å². The first-order valence-electron chi connectivity index (χ1n) is 11.2. The molecule has 184 valence electrons. The molecule has 1 fully saturated rings. The number of aryl methyl sites for hydroxylation is 1. The molecule has 35 heavy (non-hydrogen) atoms. The van der Waals surface area contributed by atoms with E-state index in [-0.39, 0.29) is 17.6 Å². The fraction of sp³-hybridized carbons (Fsp3) is 0.391. The van der Waals surface area contributed by atoms with Crippen LogP contribution in [0, 0.1) is 17.0 Å². The Morgan fingerprint density at radius 2 is 2.03 bits per heavy atom. The Hall–Kier alpha value is -4.06. The summed E-state index contributed by atoms with van der Waals surface area (Å²) in [4.78, 5) is 33.7. The van der Waals surface area contributed by atoms with Crippen molar-refractivity contribution in [2.75, 3.05) is 43.6 Å². The Morgan fingerprint density at radius 3 is 2.63 bits per heavy atom. The topological polar surface area (TPSA) is 138 Å². The zero-order chi connectivity index (χ0) is 25.1. The number of nitro benzene ring substituents is 1. The minimum Gasteiger partial charge on any atom is -0.494 e. The fourth-order valence-corrected chi connectivity index (χ4v) is 3.92. The van der Waals surface area contributed by atoms with Gasteiger partial charge in [-0.05, 0) is 12.8 Å². The molecule has 0 aliphatic carbocycles. The summed E-state index contributed by atoms with van der Waals surface area (Å²) in [6.45, 7) is 7.84. The summed E-state index contributed by atoms with van der Waals surface area (Å²) in [6.07, 6.45) is 4.02. The molecule has 1 aliphatic rings. The van der Waals surface area contributed by atoms with Gasteiger partial charge >= 0.3 is 0 Å². The quantitative estimate of drug-likeness (QED) is 0.289. The van der Waals surface area contributed by atoms with Gasteiger partial charge in [-0.25, -0.2) is 9.67 Å². The van der Waals surface area contributed by atoms with Crippen molar-refractivity contribution in [1.82, 2.24) is 19.7 Å². The molecule has 1 saturated heterocycles. The predicted octanol–water partition coefficient (Wildman–Crippen LogP) is 3.40. The molecule has 1 aliphatic heterocycles. The second-order valence-corrected chi connectivity index (χ2v) is 8.41. The number of aromatic nitrogens is 4. The van der Waals surface area contributed by atoms with Crippen molar-refractivity contribution in [3.8, 4) is 11.6 Å². The number of carbonyl (C=O) groups excluding carboxylic acids is 1. The summed E-state index contributed by atoms with van der Waals surface area (Å²) in [7, 11) is 1.50. The third kappa shape index (κ3) is 4.92. The van der Waals surface area contributed by atoms with E-state index in [9.17, 15) is 14.9 Å². The van der Waals surface area contributed by atoms with Crippen LogP contribution in [0.25, 0.3) is 5.82 Å². The summed E-state index contributed by atoms with van der Waals surface area (Å²) in [5.74, 6) is 1.15. The van der Waals surface area contributed by atoms with Crippen LogP contribution in [-0.4, -0.2) is 64.4 Å². The number of ether oxygens (including phenoxy) is 2. The molecule has 0 bridgehead atoms. The lowest BCUT2D eigenvalue weighted by atomic mass is 10.1. The predicted molar refractivity (Wildman–Crippen MR) is 129 cm³/mol. The molecule has 0 atom stereocenters. The zero-order valence-corrected chi connectivity index (χ0v) is 20.0. The Bertz CT molecular complexity index is 1250. The maximum Gasteiger partial charge on any atom is 0.294 e. The van der Waals surface area contributed by atoms with Crippen molar-refractivity contribution in [3.63, 3.8) is 0 Å². The van der Waals surface area contributed by atoms with Crippen LogP contribution >= 0.6 is 0 Å². The highest BCUT2D eigenvalue weighted by Gasteiger charge is 2.25. The van der Waals surface area contributed by atoms with Crippen LogP contribution in [0.15, 0.2) is 24.5 Å². The molecule has 0 saturated carbocycles. The van der Waals surface area contributed by atoms with E-state index in [1.54, 1.807) is 23.1 Å². The number of hydrogen-bond acceptors (Lipinski definition) is 10. The second kappa shape index (κ2) is 10.1. The van der Waals surface area contributed by atoms with E-state index in [2.05, 4.69) is 20.4 Å². The monoisotopic (exact) mass is 481 g/mol. The molecule has 0 unspecified atom stereocenters. The van der Waals surface area contributed by atoms with Crippen LogP contribution in [-0.2, 0) is 4.74 Å². The van der Waals surface area contributed by atoms with E-state index in [4.69, 9.17) is 9.47 Å². The van der Waals surface area contributed by atoms with E-state index in [1.807, 2.05) is 25.7 Å². The number of nitrogens with one attached hydrogen (secondary N) is 1. The number of methoxy groups -OCH3 is 1. The third-order valence-electron chi connectivity index (χ3n) is 5.70. The number of hydrogen-bond donors (Lipinski definition) is 1. The number of benzene rings is 1. The number of nitrogens with zero attached hydrogens (tertiary/aromatic N) is 6. The van der Waals surface area contributed by atoms with Crippen molar-refractivity contribution in [2.45, 2.75) is 26.7 Å².